The first-order valence-corrected chi connectivity index (χ1v) is 11.6. The van der Waals surface area contributed by atoms with Gasteiger partial charge in [-0.2, -0.15) is 0 Å². The van der Waals surface area contributed by atoms with Crippen LogP contribution in [0.15, 0.2) is 24.3 Å². The van der Waals surface area contributed by atoms with E-state index < -0.39 is 0 Å². The van der Waals surface area contributed by atoms with E-state index in [9.17, 15) is 9.59 Å². The van der Waals surface area contributed by atoms with Gasteiger partial charge in [-0.25, -0.2) is 0 Å². The number of methoxy groups -OCH3 is 1. The Morgan fingerprint density at radius 1 is 1.10 bits per heavy atom. The van der Waals surface area contributed by atoms with Gasteiger partial charge < -0.3 is 19.3 Å². The maximum Gasteiger partial charge on any atom is 0.253 e. The summed E-state index contributed by atoms with van der Waals surface area (Å²) in [4.78, 5) is 31.9. The summed E-state index contributed by atoms with van der Waals surface area (Å²) in [6.07, 6.45) is 5.16. The summed E-state index contributed by atoms with van der Waals surface area (Å²) in [6, 6.07) is 8.13. The number of likely N-dealkylation sites (tertiary alicyclic amines) is 1. The highest BCUT2D eigenvalue weighted by Crippen LogP contribution is 2.33. The molecule has 3 aliphatic rings. The zero-order valence-corrected chi connectivity index (χ0v) is 18.8. The maximum atomic E-state index is 12.9. The van der Waals surface area contributed by atoms with Gasteiger partial charge in [0.05, 0.1) is 7.11 Å². The number of rotatable bonds is 8. The minimum atomic E-state index is 0.00258. The third-order valence-corrected chi connectivity index (χ3v) is 6.89. The van der Waals surface area contributed by atoms with Crippen LogP contribution in [-0.2, 0) is 9.53 Å². The number of hydrogen-bond acceptors (Lipinski definition) is 5. The first-order valence-electron chi connectivity index (χ1n) is 11.6. The van der Waals surface area contributed by atoms with Crippen LogP contribution < -0.4 is 4.74 Å². The Morgan fingerprint density at radius 3 is 2.58 bits per heavy atom. The highest BCUT2D eigenvalue weighted by molar-refractivity contribution is 5.94. The Labute approximate surface area is 185 Å². The summed E-state index contributed by atoms with van der Waals surface area (Å²) >= 11 is 0. The van der Waals surface area contributed by atoms with Gasteiger partial charge in [-0.1, -0.05) is 6.07 Å². The average Bonchev–Trinajstić information content (AvgIpc) is 3.56. The number of amides is 2. The molecule has 2 heterocycles. The Bertz CT molecular complexity index is 776. The Kier molecular flexibility index (Phi) is 7.13. The van der Waals surface area contributed by atoms with E-state index in [1.165, 1.54) is 0 Å². The van der Waals surface area contributed by atoms with Gasteiger partial charge in [-0.15, -0.1) is 0 Å². The molecule has 0 spiro atoms. The van der Waals surface area contributed by atoms with Gasteiger partial charge in [0, 0.05) is 70.0 Å². The molecule has 7 nitrogen and oxygen atoms in total. The van der Waals surface area contributed by atoms with Crippen molar-refractivity contribution in [2.75, 3.05) is 53.6 Å². The summed E-state index contributed by atoms with van der Waals surface area (Å²) < 4.78 is 10.8. The third kappa shape index (κ3) is 5.39. The Morgan fingerprint density at radius 2 is 1.87 bits per heavy atom. The number of carbonyl (C=O) groups excluding carboxylic acids is 2. The molecule has 7 heteroatoms. The van der Waals surface area contributed by atoms with E-state index in [0.29, 0.717) is 35.8 Å². The molecule has 4 rings (SSSR count). The lowest BCUT2D eigenvalue weighted by molar-refractivity contribution is -0.131. The van der Waals surface area contributed by atoms with Gasteiger partial charge in [0.2, 0.25) is 5.91 Å². The topological polar surface area (TPSA) is 62.3 Å². The van der Waals surface area contributed by atoms with E-state index >= 15 is 0 Å². The minimum Gasteiger partial charge on any atom is -0.497 e. The number of nitrogens with zero attached hydrogens (tertiary/aromatic N) is 3. The lowest BCUT2D eigenvalue weighted by atomic mass is 10.0. The molecule has 1 aliphatic carbocycles. The number of carbonyl (C=O) groups is 2. The predicted octanol–water partition coefficient (Wildman–Crippen LogP) is 2.26. The van der Waals surface area contributed by atoms with E-state index in [0.717, 1.165) is 65.0 Å². The predicted molar refractivity (Wildman–Crippen MR) is 118 cm³/mol. The average molecular weight is 430 g/mol. The van der Waals surface area contributed by atoms with Crippen LogP contribution in [0.2, 0.25) is 0 Å². The molecule has 1 unspecified atom stereocenters. The molecular weight excluding hydrogens is 394 g/mol. The largest absolute Gasteiger partial charge is 0.497 e. The Balaban J connectivity index is 1.38. The second kappa shape index (κ2) is 10.0. The van der Waals surface area contributed by atoms with Gasteiger partial charge in [-0.05, 0) is 50.3 Å². The summed E-state index contributed by atoms with van der Waals surface area (Å²) in [7, 11) is 3.47. The molecule has 1 saturated carbocycles. The van der Waals surface area contributed by atoms with Crippen LogP contribution in [0.3, 0.4) is 0 Å². The SMILES string of the molecule is COc1cccc(C(=O)N(C)CCN(C2CCOCC2)C2CCN(C(=O)C3CC3)C2)c1. The molecule has 0 aromatic heterocycles. The molecule has 2 aliphatic heterocycles. The molecule has 1 aromatic rings. The normalized spacial score (nSPS) is 22.0. The Hall–Kier alpha value is -2.12. The third-order valence-electron chi connectivity index (χ3n) is 6.89. The lowest BCUT2D eigenvalue weighted by Crippen LogP contribution is -2.50. The smallest absolute Gasteiger partial charge is 0.253 e. The van der Waals surface area contributed by atoms with Crippen molar-refractivity contribution in [3.63, 3.8) is 0 Å². The molecule has 2 amide bonds. The summed E-state index contributed by atoms with van der Waals surface area (Å²) in [5, 5.41) is 0. The quantitative estimate of drug-likeness (QED) is 0.634. The maximum absolute atomic E-state index is 12.9. The highest BCUT2D eigenvalue weighted by Gasteiger charge is 2.39. The second-order valence-corrected chi connectivity index (χ2v) is 9.04. The van der Waals surface area contributed by atoms with E-state index in [-0.39, 0.29) is 11.8 Å². The molecule has 2 saturated heterocycles. The number of hydrogen-bond donors (Lipinski definition) is 0. The fourth-order valence-electron chi connectivity index (χ4n) is 4.82. The van der Waals surface area contributed by atoms with Crippen LogP contribution >= 0.6 is 0 Å². The van der Waals surface area contributed by atoms with Gasteiger partial charge >= 0.3 is 0 Å². The van der Waals surface area contributed by atoms with Crippen molar-refractivity contribution in [1.29, 1.82) is 0 Å². The molecule has 1 atom stereocenters. The standard InChI is InChI=1S/C24H35N3O4/c1-25(23(28)19-4-3-5-22(16-19)30-2)12-13-27(20-9-14-31-15-10-20)21-8-11-26(17-21)24(29)18-6-7-18/h3-5,16,18,20-21H,6-15,17H2,1-2H3. The summed E-state index contributed by atoms with van der Waals surface area (Å²) in [5.74, 6) is 1.32. The van der Waals surface area contributed by atoms with Crippen molar-refractivity contribution in [1.82, 2.24) is 14.7 Å². The fraction of sp³-hybridized carbons (Fsp3) is 0.667. The fourth-order valence-corrected chi connectivity index (χ4v) is 4.82. The van der Waals surface area contributed by atoms with Gasteiger partial charge in [0.25, 0.3) is 5.91 Å². The molecule has 170 valence electrons. The van der Waals surface area contributed by atoms with E-state index in [1.54, 1.807) is 18.1 Å². The number of ether oxygens (including phenoxy) is 2. The zero-order chi connectivity index (χ0) is 21.8. The van der Waals surface area contributed by atoms with Crippen LogP contribution in [0.1, 0.15) is 42.5 Å². The van der Waals surface area contributed by atoms with Crippen molar-refractivity contribution < 1.29 is 19.1 Å². The summed E-state index contributed by atoms with van der Waals surface area (Å²) in [6.45, 7) is 4.72. The second-order valence-electron chi connectivity index (χ2n) is 9.04. The molecule has 3 fully saturated rings. The van der Waals surface area contributed by atoms with Crippen molar-refractivity contribution in [3.05, 3.63) is 29.8 Å². The summed E-state index contributed by atoms with van der Waals surface area (Å²) in [5.41, 5.74) is 0.640. The first-order chi connectivity index (χ1) is 15.1. The van der Waals surface area contributed by atoms with Crippen molar-refractivity contribution in [2.45, 2.75) is 44.2 Å². The van der Waals surface area contributed by atoms with Crippen molar-refractivity contribution >= 4 is 11.8 Å². The van der Waals surface area contributed by atoms with Gasteiger partial charge in [-0.3, -0.25) is 14.5 Å². The van der Waals surface area contributed by atoms with Crippen LogP contribution in [0, 0.1) is 5.92 Å². The lowest BCUT2D eigenvalue weighted by Gasteiger charge is -2.39. The van der Waals surface area contributed by atoms with Crippen molar-refractivity contribution in [3.8, 4) is 5.75 Å². The molecule has 0 bridgehead atoms. The van der Waals surface area contributed by atoms with Gasteiger partial charge in [0.1, 0.15) is 5.75 Å². The molecule has 0 N–H and O–H groups in total. The van der Waals surface area contributed by atoms with Crippen LogP contribution in [-0.4, -0.2) is 92.1 Å². The number of benzene rings is 1. The molecule has 1 aromatic carbocycles. The molecular formula is C24H35N3O4. The molecule has 31 heavy (non-hydrogen) atoms. The van der Waals surface area contributed by atoms with Crippen molar-refractivity contribution in [2.24, 2.45) is 5.92 Å². The van der Waals surface area contributed by atoms with Crippen LogP contribution in [0.4, 0.5) is 0 Å². The number of likely N-dealkylation sites (N-methyl/N-ethyl adjacent to an activating group) is 1. The van der Waals surface area contributed by atoms with Gasteiger partial charge in [0.15, 0.2) is 0 Å². The van der Waals surface area contributed by atoms with E-state index in [2.05, 4.69) is 9.80 Å². The molecule has 0 radical (unpaired) electrons. The van der Waals surface area contributed by atoms with E-state index in [1.807, 2.05) is 25.2 Å². The van der Waals surface area contributed by atoms with E-state index in [4.69, 9.17) is 9.47 Å². The minimum absolute atomic E-state index is 0.00258. The monoisotopic (exact) mass is 429 g/mol. The van der Waals surface area contributed by atoms with Crippen LogP contribution in [0.25, 0.3) is 0 Å². The zero-order valence-electron chi connectivity index (χ0n) is 18.8. The highest BCUT2D eigenvalue weighted by atomic mass is 16.5. The first kappa shape index (κ1) is 22.1. The van der Waals surface area contributed by atoms with Crippen LogP contribution in [0.5, 0.6) is 5.75 Å².